The van der Waals surface area contributed by atoms with Gasteiger partial charge >= 0.3 is 0 Å². The van der Waals surface area contributed by atoms with Crippen LogP contribution in [-0.4, -0.2) is 57.9 Å². The lowest BCUT2D eigenvalue weighted by molar-refractivity contribution is -0.126. The van der Waals surface area contributed by atoms with Gasteiger partial charge in [0.15, 0.2) is 0 Å². The molecule has 21 heavy (non-hydrogen) atoms. The maximum absolute atomic E-state index is 11.9. The minimum absolute atomic E-state index is 0.110. The molecule has 0 unspecified atom stereocenters. The molecule has 1 saturated carbocycles. The summed E-state index contributed by atoms with van der Waals surface area (Å²) in [6.07, 6.45) is 4.28. The van der Waals surface area contributed by atoms with Gasteiger partial charge in [-0.15, -0.1) is 0 Å². The molecule has 0 radical (unpaired) electrons. The fourth-order valence-corrected chi connectivity index (χ4v) is 2.28. The number of rotatable bonds is 11. The van der Waals surface area contributed by atoms with E-state index in [0.717, 1.165) is 25.7 Å². The smallest absolute Gasteiger partial charge is 0.223 e. The molecule has 0 heterocycles. The van der Waals surface area contributed by atoms with E-state index in [2.05, 4.69) is 10.6 Å². The topological polar surface area (TPSA) is 103 Å². The van der Waals surface area contributed by atoms with Crippen LogP contribution in [0.3, 0.4) is 0 Å². The van der Waals surface area contributed by atoms with Crippen molar-refractivity contribution in [3.8, 4) is 0 Å². The van der Waals surface area contributed by atoms with E-state index in [1.807, 2.05) is 0 Å². The van der Waals surface area contributed by atoms with Gasteiger partial charge in [0.05, 0.1) is 26.4 Å². The Labute approximate surface area is 125 Å². The molecule has 0 aliphatic heterocycles. The van der Waals surface area contributed by atoms with Crippen molar-refractivity contribution in [2.24, 2.45) is 11.7 Å². The van der Waals surface area contributed by atoms with Crippen LogP contribution >= 0.6 is 0 Å². The Morgan fingerprint density at radius 1 is 1.05 bits per heavy atom. The predicted molar refractivity (Wildman–Crippen MR) is 78.6 cm³/mol. The van der Waals surface area contributed by atoms with Crippen LogP contribution in [0.4, 0.5) is 0 Å². The van der Waals surface area contributed by atoms with Crippen molar-refractivity contribution in [2.45, 2.75) is 31.7 Å². The standard InChI is InChI=1S/C14H27N3O4/c15-13-3-1-12(2-4-13)14(19)17-6-8-21-10-9-20-7-5-16-11-18/h11-13H,1-10,15H2,(H,16,18)(H,17,19). The van der Waals surface area contributed by atoms with Gasteiger partial charge in [-0.3, -0.25) is 9.59 Å². The predicted octanol–water partition coefficient (Wildman–Crippen LogP) is -0.601. The molecule has 7 heteroatoms. The number of nitrogens with one attached hydrogen (secondary N) is 2. The molecule has 1 aliphatic carbocycles. The monoisotopic (exact) mass is 301 g/mol. The molecule has 1 aliphatic rings. The molecule has 0 aromatic carbocycles. The van der Waals surface area contributed by atoms with Crippen LogP contribution in [0, 0.1) is 5.92 Å². The minimum atomic E-state index is 0.110. The van der Waals surface area contributed by atoms with Gasteiger partial charge in [-0.25, -0.2) is 0 Å². The summed E-state index contributed by atoms with van der Waals surface area (Å²) in [5, 5.41) is 5.40. The van der Waals surface area contributed by atoms with Crippen molar-refractivity contribution in [2.75, 3.05) is 39.5 Å². The summed E-state index contributed by atoms with van der Waals surface area (Å²) in [6, 6.07) is 0.263. The third-order valence-electron chi connectivity index (χ3n) is 3.53. The van der Waals surface area contributed by atoms with E-state index in [4.69, 9.17) is 15.2 Å². The number of carbonyl (C=O) groups excluding carboxylic acids is 2. The molecule has 122 valence electrons. The molecule has 0 aromatic heterocycles. The van der Waals surface area contributed by atoms with E-state index in [0.29, 0.717) is 45.9 Å². The number of carbonyl (C=O) groups is 2. The van der Waals surface area contributed by atoms with Crippen LogP contribution in [0.25, 0.3) is 0 Å². The molecule has 1 rings (SSSR count). The zero-order valence-corrected chi connectivity index (χ0v) is 12.5. The first kappa shape index (κ1) is 17.9. The first-order valence-electron chi connectivity index (χ1n) is 7.60. The average molecular weight is 301 g/mol. The summed E-state index contributed by atoms with van der Waals surface area (Å²) in [4.78, 5) is 21.8. The molecule has 0 spiro atoms. The minimum Gasteiger partial charge on any atom is -0.377 e. The summed E-state index contributed by atoms with van der Waals surface area (Å²) in [5.74, 6) is 0.222. The average Bonchev–Trinajstić information content (AvgIpc) is 2.49. The lowest BCUT2D eigenvalue weighted by atomic mass is 9.86. The maximum Gasteiger partial charge on any atom is 0.223 e. The van der Waals surface area contributed by atoms with Crippen LogP contribution in [0.2, 0.25) is 0 Å². The first-order chi connectivity index (χ1) is 10.2. The Hall–Kier alpha value is -1.18. The van der Waals surface area contributed by atoms with E-state index in [1.54, 1.807) is 0 Å². The Morgan fingerprint density at radius 2 is 1.67 bits per heavy atom. The Morgan fingerprint density at radius 3 is 2.29 bits per heavy atom. The molecular weight excluding hydrogens is 274 g/mol. The van der Waals surface area contributed by atoms with Crippen molar-refractivity contribution in [3.63, 3.8) is 0 Å². The van der Waals surface area contributed by atoms with E-state index >= 15 is 0 Å². The van der Waals surface area contributed by atoms with Crippen LogP contribution in [0.5, 0.6) is 0 Å². The number of hydrogen-bond acceptors (Lipinski definition) is 5. The zero-order chi connectivity index (χ0) is 15.3. The Kier molecular flexibility index (Phi) is 9.77. The Bertz CT molecular complexity index is 294. The summed E-state index contributed by atoms with van der Waals surface area (Å²) < 4.78 is 10.6. The van der Waals surface area contributed by atoms with Crippen LogP contribution in [0.15, 0.2) is 0 Å². The largest absolute Gasteiger partial charge is 0.377 e. The summed E-state index contributed by atoms with van der Waals surface area (Å²) in [7, 11) is 0. The molecule has 7 nitrogen and oxygen atoms in total. The molecule has 0 aromatic rings. The highest BCUT2D eigenvalue weighted by Crippen LogP contribution is 2.22. The van der Waals surface area contributed by atoms with Gasteiger partial charge in [0, 0.05) is 25.0 Å². The second-order valence-electron chi connectivity index (χ2n) is 5.20. The highest BCUT2D eigenvalue weighted by atomic mass is 16.5. The van der Waals surface area contributed by atoms with Gasteiger partial charge < -0.3 is 25.8 Å². The van der Waals surface area contributed by atoms with Crippen LogP contribution in [-0.2, 0) is 19.1 Å². The highest BCUT2D eigenvalue weighted by molar-refractivity contribution is 5.78. The number of ether oxygens (including phenoxy) is 2. The molecule has 4 N–H and O–H groups in total. The van der Waals surface area contributed by atoms with Gasteiger partial charge in [-0.2, -0.15) is 0 Å². The number of hydrogen-bond donors (Lipinski definition) is 3. The number of nitrogens with two attached hydrogens (primary N) is 1. The SMILES string of the molecule is NC1CCC(C(=O)NCCOCCOCCNC=O)CC1. The van der Waals surface area contributed by atoms with Gasteiger partial charge in [-0.1, -0.05) is 0 Å². The second kappa shape index (κ2) is 11.5. The maximum atomic E-state index is 11.9. The fraction of sp³-hybridized carbons (Fsp3) is 0.857. The van der Waals surface area contributed by atoms with Gasteiger partial charge in [-0.05, 0) is 25.7 Å². The van der Waals surface area contributed by atoms with Crippen LogP contribution < -0.4 is 16.4 Å². The van der Waals surface area contributed by atoms with E-state index in [-0.39, 0.29) is 17.9 Å². The summed E-state index contributed by atoms with van der Waals surface area (Å²) in [6.45, 7) is 2.94. The highest BCUT2D eigenvalue weighted by Gasteiger charge is 2.23. The van der Waals surface area contributed by atoms with Gasteiger partial charge in [0.25, 0.3) is 0 Å². The quantitative estimate of drug-likeness (QED) is 0.349. The second-order valence-corrected chi connectivity index (χ2v) is 5.20. The molecular formula is C14H27N3O4. The summed E-state index contributed by atoms with van der Waals surface area (Å²) >= 11 is 0. The first-order valence-corrected chi connectivity index (χ1v) is 7.60. The molecule has 0 saturated heterocycles. The molecule has 1 fully saturated rings. The zero-order valence-electron chi connectivity index (χ0n) is 12.5. The normalized spacial score (nSPS) is 21.8. The van der Waals surface area contributed by atoms with Crippen molar-refractivity contribution in [3.05, 3.63) is 0 Å². The van der Waals surface area contributed by atoms with Gasteiger partial charge in [0.1, 0.15) is 0 Å². The van der Waals surface area contributed by atoms with Crippen molar-refractivity contribution < 1.29 is 19.1 Å². The van der Waals surface area contributed by atoms with E-state index in [1.165, 1.54) is 0 Å². The number of amides is 2. The third kappa shape index (κ3) is 8.64. The molecule has 0 bridgehead atoms. The Balaban J connectivity index is 1.87. The van der Waals surface area contributed by atoms with Crippen LogP contribution in [0.1, 0.15) is 25.7 Å². The summed E-state index contributed by atoms with van der Waals surface area (Å²) in [5.41, 5.74) is 5.82. The third-order valence-corrected chi connectivity index (χ3v) is 3.53. The lowest BCUT2D eigenvalue weighted by Crippen LogP contribution is -2.37. The van der Waals surface area contributed by atoms with Crippen molar-refractivity contribution in [1.82, 2.24) is 10.6 Å². The van der Waals surface area contributed by atoms with Crippen molar-refractivity contribution in [1.29, 1.82) is 0 Å². The van der Waals surface area contributed by atoms with E-state index in [9.17, 15) is 9.59 Å². The van der Waals surface area contributed by atoms with E-state index < -0.39 is 0 Å². The van der Waals surface area contributed by atoms with Gasteiger partial charge in [0.2, 0.25) is 12.3 Å². The van der Waals surface area contributed by atoms with Crippen molar-refractivity contribution >= 4 is 12.3 Å². The molecule has 0 atom stereocenters. The fourth-order valence-electron chi connectivity index (χ4n) is 2.28. The lowest BCUT2D eigenvalue weighted by Gasteiger charge is -2.25. The molecule has 2 amide bonds.